The number of aliphatic imine (C=N–C) groups is 1. The Kier molecular flexibility index (Phi) is 5.12. The van der Waals surface area contributed by atoms with E-state index in [4.69, 9.17) is 10.7 Å². The number of nitrogens with zero attached hydrogens (tertiary/aromatic N) is 1. The first-order valence-corrected chi connectivity index (χ1v) is 6.68. The summed E-state index contributed by atoms with van der Waals surface area (Å²) in [6.45, 7) is 1.91. The lowest BCUT2D eigenvalue weighted by molar-refractivity contribution is 0.238. The number of allylic oxidation sites excluding steroid dienone is 2. The number of para-hydroxylation sites is 1. The lowest BCUT2D eigenvalue weighted by Crippen LogP contribution is -2.16. The molecular formula is C17H19N3O. The highest BCUT2D eigenvalue weighted by Gasteiger charge is 2.14. The summed E-state index contributed by atoms with van der Waals surface area (Å²) in [5.74, 6) is 5.98. The minimum absolute atomic E-state index is 0.521. The third kappa shape index (κ3) is 3.70. The Morgan fingerprint density at radius 2 is 1.57 bits per heavy atom. The van der Waals surface area contributed by atoms with Crippen LogP contribution < -0.4 is 11.2 Å². The van der Waals surface area contributed by atoms with Crippen molar-refractivity contribution in [2.75, 3.05) is 12.4 Å². The Morgan fingerprint density at radius 1 is 1.00 bits per heavy atom. The first-order chi connectivity index (χ1) is 10.3. The van der Waals surface area contributed by atoms with Crippen molar-refractivity contribution in [1.82, 2.24) is 0 Å². The molecule has 2 rings (SSSR count). The van der Waals surface area contributed by atoms with Crippen LogP contribution in [0.2, 0.25) is 0 Å². The van der Waals surface area contributed by atoms with Gasteiger partial charge in [0.2, 0.25) is 0 Å². The minimum Gasteiger partial charge on any atom is -0.407 e. The standard InChI is InChI=1S/C17H19N3O/c1-13(20-15-11-7-4-8-12-15)17(21-18)16(19-2)14-9-5-3-6-10-14/h3-12,20H,18H2,1-2H3. The fourth-order valence-corrected chi connectivity index (χ4v) is 2.07. The van der Waals surface area contributed by atoms with Gasteiger partial charge in [-0.05, 0) is 19.1 Å². The molecule has 21 heavy (non-hydrogen) atoms. The van der Waals surface area contributed by atoms with Gasteiger partial charge in [-0.1, -0.05) is 48.5 Å². The van der Waals surface area contributed by atoms with Gasteiger partial charge in [-0.15, -0.1) is 0 Å². The van der Waals surface area contributed by atoms with Gasteiger partial charge in [-0.25, -0.2) is 0 Å². The van der Waals surface area contributed by atoms with Gasteiger partial charge in [-0.3, -0.25) is 4.99 Å². The Labute approximate surface area is 124 Å². The molecule has 108 valence electrons. The van der Waals surface area contributed by atoms with Crippen LogP contribution in [-0.2, 0) is 4.84 Å². The number of rotatable bonds is 5. The molecule has 4 nitrogen and oxygen atoms in total. The number of benzene rings is 2. The van der Waals surface area contributed by atoms with E-state index in [9.17, 15) is 0 Å². The van der Waals surface area contributed by atoms with Crippen molar-refractivity contribution in [1.29, 1.82) is 0 Å². The summed E-state index contributed by atoms with van der Waals surface area (Å²) in [5, 5.41) is 3.27. The molecule has 0 aliphatic carbocycles. The lowest BCUT2D eigenvalue weighted by atomic mass is 10.1. The van der Waals surface area contributed by atoms with E-state index in [1.54, 1.807) is 7.05 Å². The van der Waals surface area contributed by atoms with Crippen molar-refractivity contribution < 1.29 is 4.84 Å². The van der Waals surface area contributed by atoms with Gasteiger partial charge in [0.25, 0.3) is 0 Å². The van der Waals surface area contributed by atoms with E-state index < -0.39 is 0 Å². The van der Waals surface area contributed by atoms with E-state index in [2.05, 4.69) is 10.3 Å². The summed E-state index contributed by atoms with van der Waals surface area (Å²) in [4.78, 5) is 9.38. The number of nitrogens with one attached hydrogen (secondary N) is 1. The zero-order valence-electron chi connectivity index (χ0n) is 12.2. The first kappa shape index (κ1) is 14.8. The van der Waals surface area contributed by atoms with Crippen LogP contribution in [0.4, 0.5) is 5.69 Å². The Morgan fingerprint density at radius 3 is 2.10 bits per heavy atom. The molecule has 0 unspecified atom stereocenters. The molecule has 0 fully saturated rings. The highest BCUT2D eigenvalue weighted by molar-refractivity contribution is 6.11. The van der Waals surface area contributed by atoms with Crippen LogP contribution in [0.3, 0.4) is 0 Å². The van der Waals surface area contributed by atoms with Crippen LogP contribution in [-0.4, -0.2) is 12.8 Å². The Hall–Kier alpha value is -2.59. The van der Waals surface area contributed by atoms with Gasteiger partial charge in [0.15, 0.2) is 5.76 Å². The normalized spacial score (nSPS) is 12.6. The second kappa shape index (κ2) is 7.26. The highest BCUT2D eigenvalue weighted by atomic mass is 16.6. The van der Waals surface area contributed by atoms with Crippen LogP contribution >= 0.6 is 0 Å². The molecule has 0 radical (unpaired) electrons. The minimum atomic E-state index is 0.521. The zero-order valence-corrected chi connectivity index (χ0v) is 12.2. The van der Waals surface area contributed by atoms with Crippen molar-refractivity contribution in [3.05, 3.63) is 77.7 Å². The van der Waals surface area contributed by atoms with E-state index in [1.807, 2.05) is 67.6 Å². The van der Waals surface area contributed by atoms with Gasteiger partial charge in [-0.2, -0.15) is 5.90 Å². The molecule has 0 spiro atoms. The van der Waals surface area contributed by atoms with Crippen LogP contribution in [0.1, 0.15) is 12.5 Å². The predicted molar refractivity (Wildman–Crippen MR) is 86.9 cm³/mol. The molecule has 0 saturated carbocycles. The predicted octanol–water partition coefficient (Wildman–Crippen LogP) is 3.34. The maximum atomic E-state index is 5.46. The molecule has 0 saturated heterocycles. The maximum Gasteiger partial charge on any atom is 0.191 e. The molecule has 2 aromatic rings. The molecule has 4 heteroatoms. The molecule has 0 aliphatic rings. The quantitative estimate of drug-likeness (QED) is 0.502. The van der Waals surface area contributed by atoms with E-state index in [0.29, 0.717) is 11.5 Å². The summed E-state index contributed by atoms with van der Waals surface area (Å²) < 4.78 is 0. The number of hydrogen-bond donors (Lipinski definition) is 2. The van der Waals surface area contributed by atoms with E-state index >= 15 is 0 Å². The maximum absolute atomic E-state index is 5.46. The average molecular weight is 281 g/mol. The topological polar surface area (TPSA) is 59.6 Å². The molecule has 0 bridgehead atoms. The second-order valence-corrected chi connectivity index (χ2v) is 4.50. The van der Waals surface area contributed by atoms with Crippen molar-refractivity contribution in [2.45, 2.75) is 6.92 Å². The van der Waals surface area contributed by atoms with Gasteiger partial charge >= 0.3 is 0 Å². The number of nitrogens with two attached hydrogens (primary N) is 1. The summed E-state index contributed by atoms with van der Waals surface area (Å²) >= 11 is 0. The number of hydrogen-bond acceptors (Lipinski definition) is 4. The molecule has 0 aliphatic heterocycles. The zero-order chi connectivity index (χ0) is 15.1. The fourth-order valence-electron chi connectivity index (χ4n) is 2.07. The van der Waals surface area contributed by atoms with Crippen molar-refractivity contribution in [2.24, 2.45) is 10.9 Å². The summed E-state index contributed by atoms with van der Waals surface area (Å²) in [5.41, 5.74) is 3.43. The van der Waals surface area contributed by atoms with E-state index in [0.717, 1.165) is 16.9 Å². The van der Waals surface area contributed by atoms with Crippen molar-refractivity contribution >= 4 is 11.4 Å². The van der Waals surface area contributed by atoms with Crippen LogP contribution in [0.15, 0.2) is 77.1 Å². The molecule has 3 N–H and O–H groups in total. The fraction of sp³-hybridized carbons (Fsp3) is 0.118. The van der Waals surface area contributed by atoms with Gasteiger partial charge in [0, 0.05) is 18.3 Å². The molecule has 0 atom stereocenters. The van der Waals surface area contributed by atoms with Crippen LogP contribution in [0.5, 0.6) is 0 Å². The smallest absolute Gasteiger partial charge is 0.191 e. The largest absolute Gasteiger partial charge is 0.407 e. The second-order valence-electron chi connectivity index (χ2n) is 4.50. The van der Waals surface area contributed by atoms with E-state index in [1.165, 1.54) is 0 Å². The molecular weight excluding hydrogens is 262 g/mol. The lowest BCUT2D eigenvalue weighted by Gasteiger charge is -2.14. The molecule has 0 amide bonds. The first-order valence-electron chi connectivity index (χ1n) is 6.68. The third-order valence-electron chi connectivity index (χ3n) is 3.05. The Bertz CT molecular complexity index is 634. The van der Waals surface area contributed by atoms with Crippen molar-refractivity contribution in [3.63, 3.8) is 0 Å². The monoisotopic (exact) mass is 281 g/mol. The van der Waals surface area contributed by atoms with Gasteiger partial charge < -0.3 is 10.2 Å². The third-order valence-corrected chi connectivity index (χ3v) is 3.05. The van der Waals surface area contributed by atoms with Gasteiger partial charge in [0.05, 0.1) is 5.70 Å². The highest BCUT2D eigenvalue weighted by Crippen LogP contribution is 2.16. The van der Waals surface area contributed by atoms with Crippen LogP contribution in [0, 0.1) is 0 Å². The SMILES string of the molecule is CN=C(C(ON)=C(C)Nc1ccccc1)c1ccccc1. The molecule has 2 aromatic carbocycles. The summed E-state index contributed by atoms with van der Waals surface area (Å²) in [6.07, 6.45) is 0. The summed E-state index contributed by atoms with van der Waals surface area (Å²) in [6, 6.07) is 19.6. The number of anilines is 1. The molecule has 0 aromatic heterocycles. The Balaban J connectivity index is 2.34. The van der Waals surface area contributed by atoms with E-state index in [-0.39, 0.29) is 0 Å². The van der Waals surface area contributed by atoms with Crippen molar-refractivity contribution in [3.8, 4) is 0 Å². The average Bonchev–Trinajstić information content (AvgIpc) is 2.54. The summed E-state index contributed by atoms with van der Waals surface area (Å²) in [7, 11) is 1.72. The molecule has 0 heterocycles. The van der Waals surface area contributed by atoms with Crippen LogP contribution in [0.25, 0.3) is 0 Å². The van der Waals surface area contributed by atoms with Gasteiger partial charge in [0.1, 0.15) is 5.71 Å².